The lowest BCUT2D eigenvalue weighted by Crippen LogP contribution is -3.17. The number of rotatable bonds is 10. The Hall–Kier alpha value is -1.64. The van der Waals surface area contributed by atoms with Gasteiger partial charge in [-0.1, -0.05) is 12.1 Å². The molecule has 0 radical (unpaired) electrons. The van der Waals surface area contributed by atoms with E-state index in [4.69, 9.17) is 9.47 Å². The van der Waals surface area contributed by atoms with Crippen LogP contribution in [0.2, 0.25) is 0 Å². The molecule has 6 nitrogen and oxygen atoms in total. The summed E-state index contributed by atoms with van der Waals surface area (Å²) in [5.41, 5.74) is 0.914. The molecular formula is C20H30FN2O4S+. The minimum atomic E-state index is -0.430. The average Bonchev–Trinajstić information content (AvgIpc) is 3.17. The summed E-state index contributed by atoms with van der Waals surface area (Å²) in [5.74, 6) is 0.235. The number of benzene rings is 1. The Bertz CT molecular complexity index is 644. The predicted octanol–water partition coefficient (Wildman–Crippen LogP) is 1.27. The van der Waals surface area contributed by atoms with Gasteiger partial charge < -0.3 is 19.3 Å². The molecule has 0 aliphatic carbocycles. The van der Waals surface area contributed by atoms with Gasteiger partial charge in [0.15, 0.2) is 12.6 Å². The summed E-state index contributed by atoms with van der Waals surface area (Å²) >= 11 is 1.67. The van der Waals surface area contributed by atoms with E-state index in [0.717, 1.165) is 22.6 Å². The molecule has 1 aromatic rings. The normalized spacial score (nSPS) is 18.7. The van der Waals surface area contributed by atoms with Crippen LogP contribution in [-0.2, 0) is 19.1 Å². The second-order valence-corrected chi connectivity index (χ2v) is 7.96. The van der Waals surface area contributed by atoms with Crippen molar-refractivity contribution < 1.29 is 28.4 Å². The molecule has 156 valence electrons. The summed E-state index contributed by atoms with van der Waals surface area (Å²) in [5, 5.41) is -0.119. The van der Waals surface area contributed by atoms with Crippen LogP contribution in [0.4, 0.5) is 4.39 Å². The highest BCUT2D eigenvalue weighted by molar-refractivity contribution is 7.99. The van der Waals surface area contributed by atoms with E-state index in [0.29, 0.717) is 26.3 Å². The molecule has 0 spiro atoms. The van der Waals surface area contributed by atoms with Gasteiger partial charge in [0.1, 0.15) is 11.2 Å². The van der Waals surface area contributed by atoms with Crippen molar-refractivity contribution in [2.75, 3.05) is 45.7 Å². The fourth-order valence-electron chi connectivity index (χ4n) is 3.26. The van der Waals surface area contributed by atoms with Gasteiger partial charge in [-0.25, -0.2) is 9.18 Å². The maximum absolute atomic E-state index is 13.2. The highest BCUT2D eigenvalue weighted by Crippen LogP contribution is 2.37. The van der Waals surface area contributed by atoms with Crippen LogP contribution in [0.15, 0.2) is 24.3 Å². The van der Waals surface area contributed by atoms with Crippen molar-refractivity contribution in [2.24, 2.45) is 0 Å². The van der Waals surface area contributed by atoms with Crippen LogP contribution in [0.1, 0.15) is 31.2 Å². The summed E-state index contributed by atoms with van der Waals surface area (Å²) in [6.07, 6.45) is 0.749. The molecule has 1 saturated heterocycles. The third-order valence-corrected chi connectivity index (χ3v) is 6.10. The van der Waals surface area contributed by atoms with Crippen LogP contribution in [-0.4, -0.2) is 68.5 Å². The number of hydrogen-bond donors (Lipinski definition) is 1. The van der Waals surface area contributed by atoms with E-state index in [-0.39, 0.29) is 29.6 Å². The minimum absolute atomic E-state index is 0.0112. The molecule has 1 aromatic carbocycles. The highest BCUT2D eigenvalue weighted by Gasteiger charge is 2.35. The van der Waals surface area contributed by atoms with Gasteiger partial charge in [0.2, 0.25) is 0 Å². The number of halogens is 1. The second kappa shape index (κ2) is 11.4. The van der Waals surface area contributed by atoms with E-state index in [1.165, 1.54) is 12.1 Å². The van der Waals surface area contributed by atoms with Crippen LogP contribution in [0.25, 0.3) is 0 Å². The number of hydrogen-bond acceptors (Lipinski definition) is 5. The molecule has 1 aliphatic rings. The van der Waals surface area contributed by atoms with E-state index in [1.54, 1.807) is 44.9 Å². The van der Waals surface area contributed by atoms with E-state index in [1.807, 2.05) is 4.90 Å². The van der Waals surface area contributed by atoms with Gasteiger partial charge in [-0.2, -0.15) is 0 Å². The summed E-state index contributed by atoms with van der Waals surface area (Å²) in [7, 11) is 1.63. The Kier molecular flexibility index (Phi) is 9.21. The van der Waals surface area contributed by atoms with Crippen molar-refractivity contribution in [3.8, 4) is 0 Å². The molecule has 1 fully saturated rings. The quantitative estimate of drug-likeness (QED) is 0.463. The number of nitrogens with zero attached hydrogens (tertiary/aromatic N) is 1. The molecule has 1 heterocycles. The maximum Gasteiger partial charge on any atom is 0.364 e. The standard InChI is InChI=1S/C20H29FN2O4S/c1-4-27-20(25)15(2)22(10-5-12-26-3)14-18(24)23-11-13-28-19(23)16-6-8-17(21)9-7-16/h6-9,15,19H,4-5,10-14H2,1-3H3/p+1/t15-,19-/m1/s1. The largest absolute Gasteiger partial charge is 0.462 e. The molecule has 28 heavy (non-hydrogen) atoms. The average molecular weight is 414 g/mol. The van der Waals surface area contributed by atoms with Gasteiger partial charge in [0, 0.05) is 25.8 Å². The van der Waals surface area contributed by atoms with Crippen molar-refractivity contribution in [1.82, 2.24) is 4.90 Å². The van der Waals surface area contributed by atoms with Gasteiger partial charge in [0.05, 0.1) is 19.8 Å². The van der Waals surface area contributed by atoms with Gasteiger partial charge in [0.25, 0.3) is 5.91 Å². The summed E-state index contributed by atoms with van der Waals surface area (Å²) in [6.45, 7) is 5.95. The van der Waals surface area contributed by atoms with E-state index in [9.17, 15) is 14.0 Å². The number of methoxy groups -OCH3 is 1. The zero-order chi connectivity index (χ0) is 20.5. The smallest absolute Gasteiger partial charge is 0.364 e. The first kappa shape index (κ1) is 22.6. The first-order valence-corrected chi connectivity index (χ1v) is 10.7. The minimum Gasteiger partial charge on any atom is -0.462 e. The van der Waals surface area contributed by atoms with Crippen molar-refractivity contribution in [3.63, 3.8) is 0 Å². The monoisotopic (exact) mass is 413 g/mol. The molecule has 1 unspecified atom stereocenters. The topological polar surface area (TPSA) is 60.3 Å². The SMILES string of the molecule is CCOC(=O)[C@@H](C)[NH+](CCCOC)CC(=O)N1CCS[C@@H]1c1ccc(F)cc1. The molecule has 0 aromatic heterocycles. The number of quaternary nitrogens is 1. The highest BCUT2D eigenvalue weighted by atomic mass is 32.2. The molecule has 0 bridgehead atoms. The number of amides is 1. The van der Waals surface area contributed by atoms with Gasteiger partial charge in [-0.15, -0.1) is 11.8 Å². The lowest BCUT2D eigenvalue weighted by atomic mass is 10.2. The first-order chi connectivity index (χ1) is 13.5. The Morgan fingerprint density at radius 3 is 2.71 bits per heavy atom. The number of ether oxygens (including phenoxy) is 2. The third kappa shape index (κ3) is 6.18. The van der Waals surface area contributed by atoms with Gasteiger partial charge >= 0.3 is 5.97 Å². The Morgan fingerprint density at radius 1 is 1.36 bits per heavy atom. The number of nitrogens with one attached hydrogen (secondary N) is 1. The fraction of sp³-hybridized carbons (Fsp3) is 0.600. The molecule has 8 heteroatoms. The first-order valence-electron chi connectivity index (χ1n) is 9.64. The van der Waals surface area contributed by atoms with E-state index < -0.39 is 6.04 Å². The Balaban J connectivity index is 2.07. The van der Waals surface area contributed by atoms with Crippen LogP contribution in [0.3, 0.4) is 0 Å². The molecular weight excluding hydrogens is 383 g/mol. The second-order valence-electron chi connectivity index (χ2n) is 6.77. The molecule has 1 aliphatic heterocycles. The van der Waals surface area contributed by atoms with E-state index in [2.05, 4.69) is 0 Å². The van der Waals surface area contributed by atoms with Crippen LogP contribution < -0.4 is 4.90 Å². The van der Waals surface area contributed by atoms with E-state index >= 15 is 0 Å². The zero-order valence-corrected chi connectivity index (χ0v) is 17.6. The maximum atomic E-state index is 13.2. The number of thioether (sulfide) groups is 1. The number of esters is 1. The predicted molar refractivity (Wildman–Crippen MR) is 107 cm³/mol. The summed E-state index contributed by atoms with van der Waals surface area (Å²) in [6, 6.07) is 5.86. The van der Waals surface area contributed by atoms with Gasteiger partial charge in [-0.3, -0.25) is 4.79 Å². The molecule has 1 N–H and O–H groups in total. The molecule has 3 atom stereocenters. The van der Waals surface area contributed by atoms with Crippen LogP contribution in [0, 0.1) is 5.82 Å². The van der Waals surface area contributed by atoms with Crippen molar-refractivity contribution >= 4 is 23.6 Å². The fourth-order valence-corrected chi connectivity index (χ4v) is 4.54. The zero-order valence-electron chi connectivity index (χ0n) is 16.8. The Morgan fingerprint density at radius 2 is 2.07 bits per heavy atom. The molecule has 2 rings (SSSR count). The molecule has 0 saturated carbocycles. The van der Waals surface area contributed by atoms with Crippen LogP contribution in [0.5, 0.6) is 0 Å². The van der Waals surface area contributed by atoms with Crippen molar-refractivity contribution in [2.45, 2.75) is 31.7 Å². The van der Waals surface area contributed by atoms with Crippen LogP contribution >= 0.6 is 11.8 Å². The Labute approximate surface area is 170 Å². The molecule has 1 amide bonds. The van der Waals surface area contributed by atoms with Gasteiger partial charge in [-0.05, 0) is 31.5 Å². The van der Waals surface area contributed by atoms with Crippen molar-refractivity contribution in [3.05, 3.63) is 35.6 Å². The van der Waals surface area contributed by atoms with Crippen molar-refractivity contribution in [1.29, 1.82) is 0 Å². The number of carbonyl (C=O) groups is 2. The lowest BCUT2D eigenvalue weighted by molar-refractivity contribution is -0.907. The third-order valence-electron chi connectivity index (χ3n) is 4.84. The number of carbonyl (C=O) groups excluding carboxylic acids is 2. The lowest BCUT2D eigenvalue weighted by Gasteiger charge is -2.28. The summed E-state index contributed by atoms with van der Waals surface area (Å²) in [4.78, 5) is 28.0. The summed E-state index contributed by atoms with van der Waals surface area (Å²) < 4.78 is 23.5.